The normalized spacial score (nSPS) is 13.4. The maximum absolute atomic E-state index is 13.1. The molecule has 6 heteroatoms. The second-order valence-corrected chi connectivity index (χ2v) is 6.15. The van der Waals surface area contributed by atoms with Crippen molar-refractivity contribution in [2.45, 2.75) is 0 Å². The van der Waals surface area contributed by atoms with E-state index in [1.165, 1.54) is 12.1 Å². The standard InChI is InChI=1S/C17H14FN3O.Mn/c18-14-6-4-7-15(12-14)21-13-20-11-5-10-17(19)22-16-8-2-1-3-9-16;/h1-10,12,19-21H;/b10-5-,19-17?;. The molecule has 0 amide bonds. The molecule has 117 valence electrons. The summed E-state index contributed by atoms with van der Waals surface area (Å²) in [6.45, 7) is 0. The zero-order valence-corrected chi connectivity index (χ0v) is 13.2. The fraction of sp³-hybridized carbons (Fsp3) is 0. The molecule has 3 N–H and O–H groups in total. The average molecular weight is 350 g/mol. The minimum absolute atomic E-state index is 0.0717. The van der Waals surface area contributed by atoms with Crippen LogP contribution in [-0.4, -0.2) is 15.1 Å². The van der Waals surface area contributed by atoms with Crippen molar-refractivity contribution >= 4 is 20.8 Å². The first kappa shape index (κ1) is 15.5. The zero-order chi connectivity index (χ0) is 16.1. The van der Waals surface area contributed by atoms with Gasteiger partial charge in [0.15, 0.2) is 0 Å². The van der Waals surface area contributed by atoms with E-state index in [1.807, 2.05) is 24.3 Å². The molecule has 0 atom stereocenters. The van der Waals surface area contributed by atoms with Crippen LogP contribution in [-0.2, 0) is 14.1 Å². The molecule has 1 aliphatic heterocycles. The van der Waals surface area contributed by atoms with E-state index < -0.39 is 0 Å². The molecular formula is C17H14FMnN3O. The van der Waals surface area contributed by atoms with Gasteiger partial charge in [0.1, 0.15) is 0 Å². The van der Waals surface area contributed by atoms with Gasteiger partial charge in [-0.15, -0.1) is 0 Å². The molecule has 0 bridgehead atoms. The van der Waals surface area contributed by atoms with Crippen molar-refractivity contribution in [1.82, 2.24) is 5.32 Å². The van der Waals surface area contributed by atoms with Crippen LogP contribution in [0.2, 0.25) is 0 Å². The molecule has 0 fully saturated rings. The van der Waals surface area contributed by atoms with Crippen molar-refractivity contribution in [3.8, 4) is 5.75 Å². The average Bonchev–Trinajstić information content (AvgIpc) is 2.50. The number of halogens is 1. The van der Waals surface area contributed by atoms with Crippen molar-refractivity contribution in [2.75, 3.05) is 5.32 Å². The van der Waals surface area contributed by atoms with Crippen LogP contribution in [0.3, 0.4) is 0 Å². The Labute approximate surface area is 138 Å². The van der Waals surface area contributed by atoms with Crippen LogP contribution in [0, 0.1) is 11.2 Å². The quantitative estimate of drug-likeness (QED) is 0.442. The molecule has 0 aromatic heterocycles. The molecule has 2 aromatic rings. The van der Waals surface area contributed by atoms with Crippen LogP contribution < -0.4 is 15.4 Å². The minimum atomic E-state index is -0.269. The van der Waals surface area contributed by atoms with Crippen molar-refractivity contribution in [3.63, 3.8) is 0 Å². The van der Waals surface area contributed by atoms with Gasteiger partial charge in [0.05, 0.1) is 0 Å². The molecule has 1 heterocycles. The first-order valence-electron chi connectivity index (χ1n) is 6.87. The monoisotopic (exact) mass is 350 g/mol. The molecule has 0 saturated carbocycles. The van der Waals surface area contributed by atoms with Gasteiger partial charge >= 0.3 is 138 Å². The Hall–Kier alpha value is -2.40. The van der Waals surface area contributed by atoms with Gasteiger partial charge in [-0.25, -0.2) is 0 Å². The number of para-hydroxylation sites is 1. The topological polar surface area (TPSA) is 57.1 Å². The van der Waals surface area contributed by atoms with Gasteiger partial charge in [-0.3, -0.25) is 0 Å². The second kappa shape index (κ2) is 7.24. The number of ether oxygens (including phenoxy) is 1. The summed E-state index contributed by atoms with van der Waals surface area (Å²) in [5.74, 6) is 0.438. The Bertz CT molecular complexity index is 827. The molecule has 0 spiro atoms. The van der Waals surface area contributed by atoms with Gasteiger partial charge in [-0.1, -0.05) is 0 Å². The van der Waals surface area contributed by atoms with Crippen LogP contribution in [0.25, 0.3) is 0 Å². The fourth-order valence-corrected chi connectivity index (χ4v) is 2.82. The van der Waals surface area contributed by atoms with Crippen LogP contribution in [0.1, 0.15) is 0 Å². The van der Waals surface area contributed by atoms with Crippen molar-refractivity contribution in [3.05, 3.63) is 72.6 Å². The maximum atomic E-state index is 13.1. The van der Waals surface area contributed by atoms with Gasteiger partial charge in [0.2, 0.25) is 0 Å². The molecule has 1 aliphatic rings. The summed E-state index contributed by atoms with van der Waals surface area (Å²) < 4.78 is 20.4. The molecule has 0 radical (unpaired) electrons. The summed E-state index contributed by atoms with van der Waals surface area (Å²) in [4.78, 5) is 0. The number of rotatable bonds is 5. The van der Waals surface area contributed by atoms with E-state index in [0.29, 0.717) is 25.5 Å². The summed E-state index contributed by atoms with van der Waals surface area (Å²) >= 11 is 0.410. The number of hydrogen-bond donors (Lipinski definition) is 3. The van der Waals surface area contributed by atoms with Gasteiger partial charge in [0.25, 0.3) is 0 Å². The van der Waals surface area contributed by atoms with Crippen LogP contribution in [0.5, 0.6) is 5.75 Å². The Morgan fingerprint density at radius 1 is 1.17 bits per heavy atom. The zero-order valence-electron chi connectivity index (χ0n) is 12.0. The van der Waals surface area contributed by atoms with Gasteiger partial charge in [-0.2, -0.15) is 0 Å². The molecule has 2 aromatic carbocycles. The van der Waals surface area contributed by atoms with E-state index in [2.05, 4.69) is 10.6 Å². The van der Waals surface area contributed by atoms with Crippen LogP contribution in [0.4, 0.5) is 10.1 Å². The van der Waals surface area contributed by atoms with Crippen molar-refractivity contribution in [1.29, 1.82) is 5.41 Å². The van der Waals surface area contributed by atoms with Crippen molar-refractivity contribution in [2.24, 2.45) is 0 Å². The molecular weight excluding hydrogens is 336 g/mol. The first-order valence-corrected chi connectivity index (χ1v) is 8.05. The predicted molar refractivity (Wildman–Crippen MR) is 87.1 cm³/mol. The third-order valence-corrected chi connectivity index (χ3v) is 4.11. The predicted octanol–water partition coefficient (Wildman–Crippen LogP) is 2.75. The Balaban J connectivity index is 1.57. The van der Waals surface area contributed by atoms with E-state index in [9.17, 15) is 4.39 Å². The summed E-state index contributed by atoms with van der Waals surface area (Å²) in [7, 11) is 0. The molecule has 23 heavy (non-hydrogen) atoms. The Kier molecular flexibility index (Phi) is 4.88. The van der Waals surface area contributed by atoms with Crippen molar-refractivity contribution < 1.29 is 23.2 Å². The summed E-state index contributed by atoms with van der Waals surface area (Å²) in [6.07, 6.45) is 3.41. The van der Waals surface area contributed by atoms with E-state index in [-0.39, 0.29) is 11.7 Å². The van der Waals surface area contributed by atoms with Crippen LogP contribution in [0.15, 0.2) is 66.7 Å². The molecule has 3 rings (SSSR count). The SMILES string of the molecule is N=C(/C=C\[C]1=[Mn]=[C](Nc2cccc(F)c2)N1)Oc1ccccc1. The third-order valence-electron chi connectivity index (χ3n) is 2.86. The number of nitrogens with one attached hydrogen (secondary N) is 3. The van der Waals surface area contributed by atoms with Gasteiger partial charge in [0, 0.05) is 0 Å². The second-order valence-electron chi connectivity index (χ2n) is 4.63. The summed E-state index contributed by atoms with van der Waals surface area (Å²) in [5.41, 5.74) is 0.712. The van der Waals surface area contributed by atoms with E-state index in [0.717, 1.165) is 9.21 Å². The fourth-order valence-electron chi connectivity index (χ4n) is 1.83. The number of hydrogen-bond acceptors (Lipinski definition) is 4. The molecule has 0 saturated heterocycles. The van der Waals surface area contributed by atoms with Crippen LogP contribution >= 0.6 is 0 Å². The summed E-state index contributed by atoms with van der Waals surface area (Å²) in [6, 6.07) is 15.5. The molecule has 0 aliphatic carbocycles. The number of benzene rings is 2. The van der Waals surface area contributed by atoms with Gasteiger partial charge < -0.3 is 0 Å². The van der Waals surface area contributed by atoms with E-state index >= 15 is 0 Å². The Morgan fingerprint density at radius 2 is 1.96 bits per heavy atom. The molecule has 0 unspecified atom stereocenters. The third kappa shape index (κ3) is 4.53. The summed E-state index contributed by atoms with van der Waals surface area (Å²) in [5, 5.41) is 14.0. The van der Waals surface area contributed by atoms with E-state index in [1.54, 1.807) is 30.3 Å². The van der Waals surface area contributed by atoms with Gasteiger partial charge in [-0.05, 0) is 0 Å². The Morgan fingerprint density at radius 3 is 2.70 bits per heavy atom. The number of anilines is 1. The first-order chi connectivity index (χ1) is 11.2. The molecule has 4 nitrogen and oxygen atoms in total. The van der Waals surface area contributed by atoms with E-state index in [4.69, 9.17) is 10.1 Å².